The Labute approximate surface area is 109 Å². The monoisotopic (exact) mass is 246 g/mol. The van der Waals surface area contributed by atoms with Gasteiger partial charge in [-0.25, -0.2) is 0 Å². The molecule has 0 bridgehead atoms. The number of hydrogen-bond donors (Lipinski definition) is 2. The highest BCUT2D eigenvalue weighted by molar-refractivity contribution is 5.94. The van der Waals surface area contributed by atoms with Gasteiger partial charge in [-0.2, -0.15) is 0 Å². The molecule has 0 radical (unpaired) electrons. The van der Waals surface area contributed by atoms with E-state index < -0.39 is 0 Å². The summed E-state index contributed by atoms with van der Waals surface area (Å²) in [6.07, 6.45) is 4.89. The van der Waals surface area contributed by atoms with E-state index >= 15 is 0 Å². The quantitative estimate of drug-likeness (QED) is 0.853. The predicted molar refractivity (Wildman–Crippen MR) is 73.7 cm³/mol. The van der Waals surface area contributed by atoms with E-state index in [0.717, 1.165) is 31.0 Å². The fourth-order valence-corrected chi connectivity index (χ4v) is 2.55. The molecule has 1 aliphatic heterocycles. The molecule has 2 N–H and O–H groups in total. The van der Waals surface area contributed by atoms with Gasteiger partial charge < -0.3 is 10.6 Å². The van der Waals surface area contributed by atoms with Crippen molar-refractivity contribution in [2.24, 2.45) is 5.92 Å². The number of piperidine rings is 1. The van der Waals surface area contributed by atoms with Gasteiger partial charge in [-0.3, -0.25) is 4.79 Å². The van der Waals surface area contributed by atoms with Crippen molar-refractivity contribution in [3.63, 3.8) is 0 Å². The van der Waals surface area contributed by atoms with Crippen LogP contribution < -0.4 is 10.6 Å². The fraction of sp³-hybridized carbons (Fsp3) is 0.533. The lowest BCUT2D eigenvalue weighted by Crippen LogP contribution is -2.27. The Morgan fingerprint density at radius 1 is 1.39 bits per heavy atom. The molecular weight excluding hydrogens is 224 g/mol. The van der Waals surface area contributed by atoms with Gasteiger partial charge >= 0.3 is 0 Å². The van der Waals surface area contributed by atoms with Crippen LogP contribution in [-0.2, 0) is 6.42 Å². The molecule has 1 aliphatic rings. The number of nitrogens with one attached hydrogen (secondary N) is 2. The van der Waals surface area contributed by atoms with Crippen molar-refractivity contribution in [1.82, 2.24) is 10.6 Å². The largest absolute Gasteiger partial charge is 0.355 e. The third-order valence-corrected chi connectivity index (χ3v) is 3.72. The molecule has 18 heavy (non-hydrogen) atoms. The van der Waals surface area contributed by atoms with Gasteiger partial charge in [0.15, 0.2) is 0 Å². The van der Waals surface area contributed by atoms with Crippen molar-refractivity contribution in [2.75, 3.05) is 20.1 Å². The van der Waals surface area contributed by atoms with Gasteiger partial charge in [-0.05, 0) is 62.4 Å². The molecule has 0 spiro atoms. The summed E-state index contributed by atoms with van der Waals surface area (Å²) in [6.45, 7) is 2.31. The Bertz CT molecular complexity index is 397. The van der Waals surface area contributed by atoms with Gasteiger partial charge in [-0.1, -0.05) is 12.1 Å². The minimum absolute atomic E-state index is 0.00119. The maximum Gasteiger partial charge on any atom is 0.251 e. The second-order valence-corrected chi connectivity index (χ2v) is 5.01. The Hall–Kier alpha value is -1.35. The molecule has 0 aliphatic carbocycles. The number of carbonyl (C=O) groups is 1. The molecule has 1 amide bonds. The van der Waals surface area contributed by atoms with Crippen molar-refractivity contribution in [3.8, 4) is 0 Å². The zero-order valence-electron chi connectivity index (χ0n) is 11.0. The third kappa shape index (κ3) is 3.57. The number of amides is 1. The average molecular weight is 246 g/mol. The van der Waals surface area contributed by atoms with E-state index in [1.54, 1.807) is 7.05 Å². The van der Waals surface area contributed by atoms with Crippen LogP contribution in [0.1, 0.15) is 35.2 Å². The lowest BCUT2D eigenvalue weighted by Gasteiger charge is -2.22. The average Bonchev–Trinajstić information content (AvgIpc) is 2.45. The van der Waals surface area contributed by atoms with Crippen LogP contribution in [0.3, 0.4) is 0 Å². The number of rotatable bonds is 4. The molecule has 1 fully saturated rings. The highest BCUT2D eigenvalue weighted by Crippen LogP contribution is 2.19. The first-order chi connectivity index (χ1) is 8.79. The zero-order chi connectivity index (χ0) is 12.8. The molecule has 0 atom stereocenters. The Morgan fingerprint density at radius 2 is 2.17 bits per heavy atom. The van der Waals surface area contributed by atoms with Crippen LogP contribution in [0.25, 0.3) is 0 Å². The normalized spacial score (nSPS) is 16.5. The topological polar surface area (TPSA) is 41.1 Å². The van der Waals surface area contributed by atoms with Crippen LogP contribution in [0.4, 0.5) is 0 Å². The van der Waals surface area contributed by atoms with E-state index in [0.29, 0.717) is 0 Å². The molecule has 1 aromatic rings. The summed E-state index contributed by atoms with van der Waals surface area (Å²) in [5, 5.41) is 6.06. The smallest absolute Gasteiger partial charge is 0.251 e. The van der Waals surface area contributed by atoms with E-state index in [9.17, 15) is 4.79 Å². The van der Waals surface area contributed by atoms with Crippen molar-refractivity contribution >= 4 is 5.91 Å². The summed E-state index contributed by atoms with van der Waals surface area (Å²) >= 11 is 0. The molecule has 98 valence electrons. The Kier molecular flexibility index (Phi) is 4.76. The van der Waals surface area contributed by atoms with Crippen LogP contribution in [0, 0.1) is 5.92 Å². The molecular formula is C15H22N2O. The van der Waals surface area contributed by atoms with E-state index in [4.69, 9.17) is 0 Å². The minimum atomic E-state index is -0.00119. The van der Waals surface area contributed by atoms with Crippen LogP contribution in [0.2, 0.25) is 0 Å². The number of aryl methyl sites for hydroxylation is 1. The van der Waals surface area contributed by atoms with Crippen LogP contribution in [0.15, 0.2) is 24.3 Å². The van der Waals surface area contributed by atoms with Gasteiger partial charge in [-0.15, -0.1) is 0 Å². The molecule has 3 heteroatoms. The molecule has 2 rings (SSSR count). The summed E-state index contributed by atoms with van der Waals surface area (Å²) < 4.78 is 0. The van der Waals surface area contributed by atoms with Gasteiger partial charge in [0.2, 0.25) is 0 Å². The lowest BCUT2D eigenvalue weighted by molar-refractivity contribution is 0.0963. The predicted octanol–water partition coefficient (Wildman–Crippen LogP) is 1.98. The van der Waals surface area contributed by atoms with Gasteiger partial charge in [0.05, 0.1) is 0 Å². The number of benzene rings is 1. The molecule has 1 heterocycles. The van der Waals surface area contributed by atoms with Crippen molar-refractivity contribution < 1.29 is 4.79 Å². The van der Waals surface area contributed by atoms with E-state index in [2.05, 4.69) is 16.7 Å². The molecule has 0 aromatic heterocycles. The first-order valence-electron chi connectivity index (χ1n) is 6.81. The standard InChI is InChI=1S/C15H22N2O/c1-16-15(18)14-4-2-3-13(11-14)6-5-12-7-9-17-10-8-12/h2-4,11-12,17H,5-10H2,1H3,(H,16,18). The second kappa shape index (κ2) is 6.55. The second-order valence-electron chi connectivity index (χ2n) is 5.01. The lowest BCUT2D eigenvalue weighted by atomic mass is 9.91. The van der Waals surface area contributed by atoms with Crippen molar-refractivity contribution in [2.45, 2.75) is 25.7 Å². The van der Waals surface area contributed by atoms with E-state index in [1.165, 1.54) is 24.8 Å². The Balaban J connectivity index is 1.90. The first kappa shape index (κ1) is 13.1. The summed E-state index contributed by atoms with van der Waals surface area (Å²) in [6, 6.07) is 7.97. The van der Waals surface area contributed by atoms with Gasteiger partial charge in [0, 0.05) is 12.6 Å². The van der Waals surface area contributed by atoms with E-state index in [-0.39, 0.29) is 5.91 Å². The summed E-state index contributed by atoms with van der Waals surface area (Å²) in [7, 11) is 1.67. The molecule has 0 saturated carbocycles. The first-order valence-corrected chi connectivity index (χ1v) is 6.81. The summed E-state index contributed by atoms with van der Waals surface area (Å²) in [5.41, 5.74) is 2.04. The summed E-state index contributed by atoms with van der Waals surface area (Å²) in [5.74, 6) is 0.841. The highest BCUT2D eigenvalue weighted by Gasteiger charge is 2.13. The van der Waals surface area contributed by atoms with Crippen molar-refractivity contribution in [1.29, 1.82) is 0 Å². The molecule has 1 aromatic carbocycles. The van der Waals surface area contributed by atoms with Crippen LogP contribution in [-0.4, -0.2) is 26.0 Å². The number of carbonyl (C=O) groups excluding carboxylic acids is 1. The maximum atomic E-state index is 11.6. The molecule has 3 nitrogen and oxygen atoms in total. The maximum absolute atomic E-state index is 11.6. The summed E-state index contributed by atoms with van der Waals surface area (Å²) in [4.78, 5) is 11.6. The molecule has 0 unspecified atom stereocenters. The fourth-order valence-electron chi connectivity index (χ4n) is 2.55. The highest BCUT2D eigenvalue weighted by atomic mass is 16.1. The molecule has 1 saturated heterocycles. The number of hydrogen-bond acceptors (Lipinski definition) is 2. The van der Waals surface area contributed by atoms with Gasteiger partial charge in [0.25, 0.3) is 5.91 Å². The minimum Gasteiger partial charge on any atom is -0.355 e. The van der Waals surface area contributed by atoms with Crippen molar-refractivity contribution in [3.05, 3.63) is 35.4 Å². The SMILES string of the molecule is CNC(=O)c1cccc(CCC2CCNCC2)c1. The van der Waals surface area contributed by atoms with Gasteiger partial charge in [0.1, 0.15) is 0 Å². The van der Waals surface area contributed by atoms with Crippen LogP contribution >= 0.6 is 0 Å². The van der Waals surface area contributed by atoms with E-state index in [1.807, 2.05) is 18.2 Å². The third-order valence-electron chi connectivity index (χ3n) is 3.72. The van der Waals surface area contributed by atoms with Crippen LogP contribution in [0.5, 0.6) is 0 Å². The zero-order valence-corrected chi connectivity index (χ0v) is 11.0. The Morgan fingerprint density at radius 3 is 2.89 bits per heavy atom.